The lowest BCUT2D eigenvalue weighted by Crippen LogP contribution is -2.30. The normalized spacial score (nSPS) is 10.6. The fourth-order valence-corrected chi connectivity index (χ4v) is 2.78. The van der Waals surface area contributed by atoms with Crippen molar-refractivity contribution in [3.63, 3.8) is 0 Å². The number of carbonyl (C=O) groups excluding carboxylic acids is 1. The topological polar surface area (TPSA) is 53.7 Å². The van der Waals surface area contributed by atoms with Gasteiger partial charge in [0.05, 0.1) is 19.4 Å². The van der Waals surface area contributed by atoms with Crippen LogP contribution in [0.15, 0.2) is 65.3 Å². The molecule has 1 N–H and O–H groups in total. The lowest BCUT2D eigenvalue weighted by molar-refractivity contribution is 0.0716. The van der Waals surface area contributed by atoms with Gasteiger partial charge in [0.15, 0.2) is 0 Å². The van der Waals surface area contributed by atoms with E-state index in [1.54, 1.807) is 29.4 Å². The van der Waals surface area contributed by atoms with Crippen LogP contribution < -0.4 is 0 Å². The molecule has 128 valence electrons. The summed E-state index contributed by atoms with van der Waals surface area (Å²) in [6, 6.07) is 16.6. The van der Waals surface area contributed by atoms with Crippen LogP contribution in [0.3, 0.4) is 0 Å². The number of aromatic hydroxyl groups is 1. The van der Waals surface area contributed by atoms with Crippen LogP contribution >= 0.6 is 0 Å². The fourth-order valence-electron chi connectivity index (χ4n) is 2.78. The maximum absolute atomic E-state index is 13.2. The molecule has 25 heavy (non-hydrogen) atoms. The van der Waals surface area contributed by atoms with Crippen molar-refractivity contribution in [2.75, 3.05) is 0 Å². The fraction of sp³-hybridized carbons (Fsp3) is 0.190. The quantitative estimate of drug-likeness (QED) is 0.750. The predicted molar refractivity (Wildman–Crippen MR) is 96.3 cm³/mol. The highest BCUT2D eigenvalue weighted by Crippen LogP contribution is 2.22. The van der Waals surface area contributed by atoms with Crippen LogP contribution in [-0.4, -0.2) is 15.9 Å². The first-order valence-electron chi connectivity index (χ1n) is 8.20. The van der Waals surface area contributed by atoms with Gasteiger partial charge in [-0.1, -0.05) is 35.9 Å². The third-order valence-electron chi connectivity index (χ3n) is 4.19. The number of aryl methyl sites for hydroxylation is 2. The maximum atomic E-state index is 13.2. The Balaban J connectivity index is 1.94. The SMILES string of the molecule is Cc1ccc(C)c(C(=O)N(Cc2ccco2)Cc2ccccc2O)c1. The number of amides is 1. The van der Waals surface area contributed by atoms with Gasteiger partial charge < -0.3 is 14.4 Å². The van der Waals surface area contributed by atoms with Gasteiger partial charge in [-0.15, -0.1) is 0 Å². The molecule has 4 heteroatoms. The van der Waals surface area contributed by atoms with E-state index in [2.05, 4.69) is 0 Å². The molecule has 4 nitrogen and oxygen atoms in total. The van der Waals surface area contributed by atoms with Gasteiger partial charge in [0, 0.05) is 11.1 Å². The van der Waals surface area contributed by atoms with E-state index in [9.17, 15) is 9.90 Å². The Labute approximate surface area is 147 Å². The summed E-state index contributed by atoms with van der Waals surface area (Å²) in [7, 11) is 0. The Hall–Kier alpha value is -3.01. The summed E-state index contributed by atoms with van der Waals surface area (Å²) in [5, 5.41) is 10.1. The van der Waals surface area contributed by atoms with Gasteiger partial charge in [-0.3, -0.25) is 4.79 Å². The van der Waals surface area contributed by atoms with Gasteiger partial charge in [0.2, 0.25) is 0 Å². The van der Waals surface area contributed by atoms with E-state index in [1.807, 2.05) is 50.2 Å². The van der Waals surface area contributed by atoms with Crippen LogP contribution in [0.1, 0.15) is 32.8 Å². The molecule has 0 unspecified atom stereocenters. The van der Waals surface area contributed by atoms with E-state index in [1.165, 1.54) is 0 Å². The number of carbonyl (C=O) groups is 1. The van der Waals surface area contributed by atoms with Gasteiger partial charge in [-0.25, -0.2) is 0 Å². The number of para-hydroxylation sites is 1. The van der Waals surface area contributed by atoms with Crippen molar-refractivity contribution in [2.45, 2.75) is 26.9 Å². The Bertz CT molecular complexity index is 869. The zero-order valence-corrected chi connectivity index (χ0v) is 14.4. The van der Waals surface area contributed by atoms with Gasteiger partial charge in [0.25, 0.3) is 5.91 Å². The smallest absolute Gasteiger partial charge is 0.254 e. The van der Waals surface area contributed by atoms with Crippen molar-refractivity contribution < 1.29 is 14.3 Å². The van der Waals surface area contributed by atoms with Crippen LogP contribution in [0.2, 0.25) is 0 Å². The molecular formula is C21H21NO3. The molecule has 0 aliphatic carbocycles. The largest absolute Gasteiger partial charge is 0.508 e. The van der Waals surface area contributed by atoms with Gasteiger partial charge in [-0.2, -0.15) is 0 Å². The second kappa shape index (κ2) is 7.26. The summed E-state index contributed by atoms with van der Waals surface area (Å²) in [4.78, 5) is 14.9. The summed E-state index contributed by atoms with van der Waals surface area (Å²) in [6.07, 6.45) is 1.59. The molecule has 0 aliphatic heterocycles. The van der Waals surface area contributed by atoms with E-state index in [0.717, 1.165) is 11.1 Å². The number of hydrogen-bond donors (Lipinski definition) is 1. The molecule has 0 bridgehead atoms. The van der Waals surface area contributed by atoms with Crippen LogP contribution in [0.4, 0.5) is 0 Å². The number of furan rings is 1. The Morgan fingerprint density at radius 2 is 1.84 bits per heavy atom. The molecule has 1 amide bonds. The number of nitrogens with zero attached hydrogens (tertiary/aromatic N) is 1. The summed E-state index contributed by atoms with van der Waals surface area (Å²) in [6.45, 7) is 4.54. The average Bonchev–Trinajstić information content (AvgIpc) is 3.11. The number of rotatable bonds is 5. The standard InChI is InChI=1S/C21H21NO3/c1-15-9-10-16(2)19(12-15)21(24)22(14-18-7-5-11-25-18)13-17-6-3-4-8-20(17)23/h3-12,23H,13-14H2,1-2H3. The molecule has 0 fully saturated rings. The molecule has 3 rings (SSSR count). The van der Waals surface area contributed by atoms with E-state index in [4.69, 9.17) is 4.42 Å². The molecule has 0 saturated heterocycles. The van der Waals surface area contributed by atoms with Crippen LogP contribution in [-0.2, 0) is 13.1 Å². The molecule has 0 radical (unpaired) electrons. The van der Waals surface area contributed by atoms with Crippen molar-refractivity contribution in [3.05, 3.63) is 88.9 Å². The van der Waals surface area contributed by atoms with Crippen LogP contribution in [0, 0.1) is 13.8 Å². The molecule has 0 aliphatic rings. The van der Waals surface area contributed by atoms with E-state index >= 15 is 0 Å². The number of hydrogen-bond acceptors (Lipinski definition) is 3. The first-order valence-corrected chi connectivity index (χ1v) is 8.20. The monoisotopic (exact) mass is 335 g/mol. The number of benzene rings is 2. The lowest BCUT2D eigenvalue weighted by Gasteiger charge is -2.23. The highest BCUT2D eigenvalue weighted by atomic mass is 16.3. The Morgan fingerprint density at radius 1 is 1.04 bits per heavy atom. The average molecular weight is 335 g/mol. The minimum Gasteiger partial charge on any atom is -0.508 e. The summed E-state index contributed by atoms with van der Waals surface area (Å²) in [5.74, 6) is 0.802. The minimum absolute atomic E-state index is 0.0825. The lowest BCUT2D eigenvalue weighted by atomic mass is 10.0. The molecule has 2 aromatic carbocycles. The second-order valence-corrected chi connectivity index (χ2v) is 6.19. The van der Waals surface area contributed by atoms with Crippen molar-refractivity contribution in [1.29, 1.82) is 0 Å². The second-order valence-electron chi connectivity index (χ2n) is 6.19. The zero-order valence-electron chi connectivity index (χ0n) is 14.4. The molecule has 1 heterocycles. The zero-order chi connectivity index (χ0) is 17.8. The van der Waals surface area contributed by atoms with Crippen molar-refractivity contribution in [3.8, 4) is 5.75 Å². The van der Waals surface area contributed by atoms with Gasteiger partial charge in [0.1, 0.15) is 11.5 Å². The summed E-state index contributed by atoms with van der Waals surface area (Å²) in [5.41, 5.74) is 3.33. The van der Waals surface area contributed by atoms with Crippen LogP contribution in [0.5, 0.6) is 5.75 Å². The molecule has 0 spiro atoms. The van der Waals surface area contributed by atoms with Crippen molar-refractivity contribution in [2.24, 2.45) is 0 Å². The summed E-state index contributed by atoms with van der Waals surface area (Å²) < 4.78 is 5.42. The predicted octanol–water partition coefficient (Wildman–Crippen LogP) is 4.44. The molecule has 1 aromatic heterocycles. The third-order valence-corrected chi connectivity index (χ3v) is 4.19. The molecular weight excluding hydrogens is 314 g/mol. The van der Waals surface area contributed by atoms with E-state index < -0.39 is 0 Å². The number of phenolic OH excluding ortho intramolecular Hbond substituents is 1. The van der Waals surface area contributed by atoms with Crippen molar-refractivity contribution >= 4 is 5.91 Å². The maximum Gasteiger partial charge on any atom is 0.254 e. The first-order chi connectivity index (χ1) is 12.0. The van der Waals surface area contributed by atoms with Gasteiger partial charge >= 0.3 is 0 Å². The molecule has 0 saturated carbocycles. The number of phenols is 1. The Kier molecular flexibility index (Phi) is 4.89. The highest BCUT2D eigenvalue weighted by molar-refractivity contribution is 5.95. The highest BCUT2D eigenvalue weighted by Gasteiger charge is 2.20. The molecule has 3 aromatic rings. The Morgan fingerprint density at radius 3 is 2.56 bits per heavy atom. The van der Waals surface area contributed by atoms with Crippen LogP contribution in [0.25, 0.3) is 0 Å². The summed E-state index contributed by atoms with van der Waals surface area (Å²) >= 11 is 0. The first kappa shape index (κ1) is 16.8. The van der Waals surface area contributed by atoms with E-state index in [0.29, 0.717) is 30.0 Å². The van der Waals surface area contributed by atoms with Crippen molar-refractivity contribution in [1.82, 2.24) is 4.90 Å². The third kappa shape index (κ3) is 3.91. The minimum atomic E-state index is -0.0825. The van der Waals surface area contributed by atoms with E-state index in [-0.39, 0.29) is 11.7 Å². The molecule has 0 atom stereocenters. The van der Waals surface area contributed by atoms with Gasteiger partial charge in [-0.05, 0) is 43.7 Å².